The summed E-state index contributed by atoms with van der Waals surface area (Å²) in [5.41, 5.74) is 0.0641. The third-order valence-corrected chi connectivity index (χ3v) is 5.60. The number of carbonyl (C=O) groups excluding carboxylic acids is 1. The summed E-state index contributed by atoms with van der Waals surface area (Å²) in [4.78, 5) is 16.8. The molecule has 0 amide bonds. The van der Waals surface area contributed by atoms with Crippen LogP contribution in [0.3, 0.4) is 0 Å². The number of aromatic nitrogens is 1. The molecule has 0 unspecified atom stereocenters. The lowest BCUT2D eigenvalue weighted by atomic mass is 9.80. The molecule has 23 heavy (non-hydrogen) atoms. The van der Waals surface area contributed by atoms with Gasteiger partial charge in [-0.25, -0.2) is 9.78 Å². The first kappa shape index (κ1) is 16.8. The number of nitrogens with zero attached hydrogens (tertiary/aromatic N) is 1. The molecule has 1 saturated carbocycles. The second-order valence-electron chi connectivity index (χ2n) is 6.37. The molecule has 1 saturated heterocycles. The van der Waals surface area contributed by atoms with E-state index in [9.17, 15) is 4.79 Å². The van der Waals surface area contributed by atoms with Crippen LogP contribution in [0, 0.1) is 0 Å². The highest BCUT2D eigenvalue weighted by atomic mass is 32.1. The fraction of sp³-hybridized carbons (Fsp3) is 0.750. The van der Waals surface area contributed by atoms with Crippen LogP contribution >= 0.6 is 11.3 Å². The van der Waals surface area contributed by atoms with Gasteiger partial charge in [0.1, 0.15) is 0 Å². The Morgan fingerprint density at radius 3 is 2.70 bits per heavy atom. The van der Waals surface area contributed by atoms with Crippen molar-refractivity contribution >= 4 is 17.3 Å². The Hall–Kier alpha value is -1.02. The molecule has 6 nitrogen and oxygen atoms in total. The zero-order valence-electron chi connectivity index (χ0n) is 13.7. The summed E-state index contributed by atoms with van der Waals surface area (Å²) in [6, 6.07) is 0. The zero-order chi connectivity index (χ0) is 16.3. The molecule has 3 rings (SSSR count). The van der Waals surface area contributed by atoms with Gasteiger partial charge in [-0.3, -0.25) is 0 Å². The van der Waals surface area contributed by atoms with E-state index in [2.05, 4.69) is 17.2 Å². The number of hydrogen-bond donors (Lipinski definition) is 1. The topological polar surface area (TPSA) is 69.7 Å². The molecular weight excluding hydrogens is 316 g/mol. The summed E-state index contributed by atoms with van der Waals surface area (Å²) in [5.74, 6) is -0.673. The number of carbonyl (C=O) groups is 1. The van der Waals surface area contributed by atoms with E-state index in [0.29, 0.717) is 31.4 Å². The molecule has 2 heterocycles. The molecule has 1 aliphatic heterocycles. The molecule has 2 aliphatic rings. The molecule has 1 aromatic heterocycles. The Morgan fingerprint density at radius 1 is 1.35 bits per heavy atom. The van der Waals surface area contributed by atoms with E-state index in [1.807, 2.05) is 0 Å². The van der Waals surface area contributed by atoms with E-state index < -0.39 is 0 Å². The minimum Gasteiger partial charge on any atom is -0.461 e. The number of nitrogens with one attached hydrogen (secondary N) is 1. The van der Waals surface area contributed by atoms with Gasteiger partial charge in [0.15, 0.2) is 5.79 Å². The Labute approximate surface area is 140 Å². The Morgan fingerprint density at radius 2 is 2.04 bits per heavy atom. The fourth-order valence-corrected chi connectivity index (χ4v) is 3.87. The first-order valence-corrected chi connectivity index (χ1v) is 9.01. The fourth-order valence-electron chi connectivity index (χ4n) is 3.12. The maximum Gasteiger partial charge on any atom is 0.367 e. The minimum atomic E-state index is -0.342. The molecule has 7 heteroatoms. The van der Waals surface area contributed by atoms with Gasteiger partial charge in [-0.05, 0) is 26.7 Å². The summed E-state index contributed by atoms with van der Waals surface area (Å²) < 4.78 is 16.5. The van der Waals surface area contributed by atoms with Crippen LogP contribution < -0.4 is 5.32 Å². The van der Waals surface area contributed by atoms with Gasteiger partial charge in [0, 0.05) is 36.0 Å². The van der Waals surface area contributed by atoms with Crippen molar-refractivity contribution < 1.29 is 19.0 Å². The van der Waals surface area contributed by atoms with E-state index in [-0.39, 0.29) is 17.3 Å². The van der Waals surface area contributed by atoms with Gasteiger partial charge in [0.2, 0.25) is 5.01 Å². The highest BCUT2D eigenvalue weighted by Gasteiger charge is 2.44. The molecule has 0 atom stereocenters. The van der Waals surface area contributed by atoms with E-state index in [4.69, 9.17) is 14.2 Å². The number of hydrogen-bond acceptors (Lipinski definition) is 7. The normalized spacial score (nSPS) is 22.3. The second kappa shape index (κ2) is 6.84. The lowest BCUT2D eigenvalue weighted by molar-refractivity contribution is -0.185. The Balaban J connectivity index is 1.51. The van der Waals surface area contributed by atoms with Gasteiger partial charge in [-0.1, -0.05) is 0 Å². The van der Waals surface area contributed by atoms with Crippen molar-refractivity contribution in [3.8, 4) is 0 Å². The first-order valence-electron chi connectivity index (χ1n) is 8.19. The number of esters is 1. The van der Waals surface area contributed by atoms with Crippen LogP contribution in [0.1, 0.15) is 54.2 Å². The largest absolute Gasteiger partial charge is 0.461 e. The van der Waals surface area contributed by atoms with E-state index >= 15 is 0 Å². The van der Waals surface area contributed by atoms with Crippen LogP contribution in [0.25, 0.3) is 0 Å². The quantitative estimate of drug-likeness (QED) is 0.831. The average Bonchev–Trinajstić information content (AvgIpc) is 3.20. The van der Waals surface area contributed by atoms with Crippen molar-refractivity contribution in [2.75, 3.05) is 19.8 Å². The molecule has 128 valence electrons. The maximum atomic E-state index is 11.6. The van der Waals surface area contributed by atoms with Crippen molar-refractivity contribution in [3.05, 3.63) is 16.1 Å². The predicted octanol–water partition coefficient (Wildman–Crippen LogP) is 2.49. The number of rotatable bonds is 5. The second-order valence-corrected chi connectivity index (χ2v) is 7.49. The smallest absolute Gasteiger partial charge is 0.367 e. The third kappa shape index (κ3) is 3.91. The van der Waals surface area contributed by atoms with Crippen molar-refractivity contribution in [1.29, 1.82) is 0 Å². The summed E-state index contributed by atoms with van der Waals surface area (Å²) >= 11 is 1.39. The number of thiazole rings is 1. The molecular formula is C16H24N2O4S. The molecule has 0 aromatic carbocycles. The van der Waals surface area contributed by atoms with Crippen molar-refractivity contribution in [1.82, 2.24) is 10.3 Å². The molecule has 1 aliphatic carbocycles. The van der Waals surface area contributed by atoms with Crippen LogP contribution in [0.15, 0.2) is 6.20 Å². The van der Waals surface area contributed by atoms with Crippen LogP contribution in [-0.2, 0) is 20.8 Å². The summed E-state index contributed by atoms with van der Waals surface area (Å²) in [7, 11) is 0. The van der Waals surface area contributed by atoms with Crippen LogP contribution in [-0.4, -0.2) is 42.1 Å². The lowest BCUT2D eigenvalue weighted by Crippen LogP contribution is -2.49. The lowest BCUT2D eigenvalue weighted by Gasteiger charge is -2.42. The molecule has 1 N–H and O–H groups in total. The van der Waals surface area contributed by atoms with Gasteiger partial charge in [0.25, 0.3) is 0 Å². The van der Waals surface area contributed by atoms with E-state index in [1.54, 1.807) is 13.1 Å². The monoisotopic (exact) mass is 340 g/mol. The summed E-state index contributed by atoms with van der Waals surface area (Å²) in [6.07, 6.45) is 5.62. The molecule has 0 bridgehead atoms. The predicted molar refractivity (Wildman–Crippen MR) is 86.4 cm³/mol. The molecule has 0 radical (unpaired) electrons. The van der Waals surface area contributed by atoms with E-state index in [1.165, 1.54) is 11.3 Å². The highest BCUT2D eigenvalue weighted by molar-refractivity contribution is 7.13. The maximum absolute atomic E-state index is 11.6. The molecule has 1 spiro atoms. The van der Waals surface area contributed by atoms with Crippen LogP contribution in [0.5, 0.6) is 0 Å². The van der Waals surface area contributed by atoms with Gasteiger partial charge < -0.3 is 19.5 Å². The van der Waals surface area contributed by atoms with Gasteiger partial charge >= 0.3 is 5.97 Å². The van der Waals surface area contributed by atoms with Gasteiger partial charge in [0.05, 0.1) is 19.8 Å². The average molecular weight is 340 g/mol. The van der Waals surface area contributed by atoms with Gasteiger partial charge in [-0.2, -0.15) is 0 Å². The Kier molecular flexibility index (Phi) is 5.01. The Bertz CT molecular complexity index is 544. The van der Waals surface area contributed by atoms with Crippen LogP contribution in [0.4, 0.5) is 0 Å². The molecule has 2 fully saturated rings. The third-order valence-electron chi connectivity index (χ3n) is 4.62. The zero-order valence-corrected chi connectivity index (χ0v) is 14.5. The van der Waals surface area contributed by atoms with Gasteiger partial charge in [-0.15, -0.1) is 11.3 Å². The van der Waals surface area contributed by atoms with Crippen LogP contribution in [0.2, 0.25) is 0 Å². The minimum absolute atomic E-state index is 0.0641. The van der Waals surface area contributed by atoms with Crippen molar-refractivity contribution in [2.24, 2.45) is 0 Å². The summed E-state index contributed by atoms with van der Waals surface area (Å²) in [5, 5.41) is 4.03. The standard InChI is InChI=1S/C16H24N2O4S/c1-3-20-14(19)13-17-10-12(23-13)11-18-15(2)4-6-16(7-5-15)21-8-9-22-16/h10,18H,3-9,11H2,1-2H3. The summed E-state index contributed by atoms with van der Waals surface area (Å²) in [6.45, 7) is 6.53. The number of ether oxygens (including phenoxy) is 3. The van der Waals surface area contributed by atoms with Crippen molar-refractivity contribution in [3.63, 3.8) is 0 Å². The molecule has 1 aromatic rings. The highest BCUT2D eigenvalue weighted by Crippen LogP contribution is 2.40. The van der Waals surface area contributed by atoms with Crippen molar-refractivity contribution in [2.45, 2.75) is 57.4 Å². The van der Waals surface area contributed by atoms with E-state index in [0.717, 1.165) is 30.6 Å². The first-order chi connectivity index (χ1) is 11.0. The SMILES string of the molecule is CCOC(=O)c1ncc(CNC2(C)CCC3(CC2)OCCO3)s1.